The highest BCUT2D eigenvalue weighted by atomic mass is 16.7. The number of nitrogens with zero attached hydrogens (tertiary/aromatic N) is 3. The molecule has 0 aliphatic carbocycles. The number of carbonyl (C=O) groups excluding carboxylic acids is 1. The van der Waals surface area contributed by atoms with Gasteiger partial charge in [-0.2, -0.15) is 0 Å². The number of aromatic nitrogens is 1. The van der Waals surface area contributed by atoms with E-state index in [2.05, 4.69) is 9.98 Å². The Morgan fingerprint density at radius 2 is 2.35 bits per heavy atom. The van der Waals surface area contributed by atoms with Crippen LogP contribution in [-0.2, 0) is 9.63 Å². The van der Waals surface area contributed by atoms with E-state index in [1.54, 1.807) is 25.5 Å². The van der Waals surface area contributed by atoms with Gasteiger partial charge in [0.2, 0.25) is 0 Å². The van der Waals surface area contributed by atoms with E-state index >= 15 is 0 Å². The number of carbonyl (C=O) groups is 1. The molecule has 1 aromatic heterocycles. The van der Waals surface area contributed by atoms with Gasteiger partial charge >= 0.3 is 0 Å². The summed E-state index contributed by atoms with van der Waals surface area (Å²) in [6.45, 7) is 0.386. The highest BCUT2D eigenvalue weighted by molar-refractivity contribution is 6.14. The van der Waals surface area contributed by atoms with Crippen molar-refractivity contribution < 1.29 is 9.63 Å². The topological polar surface area (TPSA) is 54.8 Å². The van der Waals surface area contributed by atoms with Crippen molar-refractivity contribution in [3.05, 3.63) is 41.7 Å². The molecule has 0 atom stereocenters. The Morgan fingerprint density at radius 3 is 3.00 bits per heavy atom. The summed E-state index contributed by atoms with van der Waals surface area (Å²) in [6.07, 6.45) is 5.20. The zero-order valence-corrected chi connectivity index (χ0v) is 9.75. The number of hydrogen-bond donors (Lipinski definition) is 0. The molecule has 2 heterocycles. The fraction of sp³-hybridized carbons (Fsp3) is 0.250. The molecule has 0 N–H and O–H groups in total. The lowest BCUT2D eigenvalue weighted by molar-refractivity contribution is -0.163. The number of likely N-dealkylation sites (N-methyl/N-ethyl adjacent to an activating group) is 1. The van der Waals surface area contributed by atoms with Crippen molar-refractivity contribution in [3.63, 3.8) is 0 Å². The predicted molar refractivity (Wildman–Crippen MR) is 63.5 cm³/mol. The molecule has 2 rings (SSSR count). The van der Waals surface area contributed by atoms with Crippen molar-refractivity contribution in [2.45, 2.75) is 0 Å². The molecule has 5 nitrogen and oxygen atoms in total. The summed E-state index contributed by atoms with van der Waals surface area (Å²) in [5.41, 5.74) is 2.31. The number of allylic oxidation sites excluding steroid dienone is 1. The highest BCUT2D eigenvalue weighted by Gasteiger charge is 2.19. The maximum atomic E-state index is 11.8. The van der Waals surface area contributed by atoms with Gasteiger partial charge in [-0.1, -0.05) is 0 Å². The van der Waals surface area contributed by atoms with E-state index in [1.807, 2.05) is 12.1 Å². The first-order valence-electron chi connectivity index (χ1n) is 5.20. The van der Waals surface area contributed by atoms with Crippen LogP contribution >= 0.6 is 0 Å². The summed E-state index contributed by atoms with van der Waals surface area (Å²) in [6, 6.07) is 3.75. The molecule has 0 radical (unpaired) electrons. The fourth-order valence-electron chi connectivity index (χ4n) is 1.53. The molecule has 1 aliphatic heterocycles. The monoisotopic (exact) mass is 231 g/mol. The molecule has 0 bridgehead atoms. The lowest BCUT2D eigenvalue weighted by Gasteiger charge is -2.13. The van der Waals surface area contributed by atoms with Crippen molar-refractivity contribution in [1.82, 2.24) is 10.0 Å². The number of aliphatic imine (C=N–C) groups is 1. The van der Waals surface area contributed by atoms with Crippen LogP contribution in [0.5, 0.6) is 0 Å². The Balaban J connectivity index is 2.16. The maximum absolute atomic E-state index is 11.8. The van der Waals surface area contributed by atoms with E-state index in [4.69, 9.17) is 4.84 Å². The summed E-state index contributed by atoms with van der Waals surface area (Å²) < 4.78 is 0. The standard InChI is InChI=1S/C12H13N3O2/c1-15(17-2)12(16)10-6-11(14-8-10)9-4-3-5-13-7-9/h3-7H,8H2,1-2H3. The van der Waals surface area contributed by atoms with Gasteiger partial charge in [0, 0.05) is 30.6 Å². The molecule has 5 heteroatoms. The van der Waals surface area contributed by atoms with Gasteiger partial charge in [0.1, 0.15) is 0 Å². The smallest absolute Gasteiger partial charge is 0.275 e. The Labute approximate surface area is 99.4 Å². The largest absolute Gasteiger partial charge is 0.280 e. The van der Waals surface area contributed by atoms with E-state index in [1.165, 1.54) is 12.2 Å². The second kappa shape index (κ2) is 4.88. The zero-order valence-electron chi connectivity index (χ0n) is 9.75. The van der Waals surface area contributed by atoms with Gasteiger partial charge in [-0.3, -0.25) is 19.6 Å². The van der Waals surface area contributed by atoms with E-state index < -0.39 is 0 Å². The van der Waals surface area contributed by atoms with Crippen LogP contribution in [0.4, 0.5) is 0 Å². The van der Waals surface area contributed by atoms with Crippen LogP contribution in [0.2, 0.25) is 0 Å². The molecule has 0 aromatic carbocycles. The SMILES string of the molecule is CON(C)C(=O)C1=CC(c2cccnc2)=NC1. The minimum atomic E-state index is -0.171. The number of pyridine rings is 1. The third-order valence-corrected chi connectivity index (χ3v) is 2.52. The van der Waals surface area contributed by atoms with Gasteiger partial charge in [-0.05, 0) is 18.2 Å². The highest BCUT2D eigenvalue weighted by Crippen LogP contribution is 2.13. The van der Waals surface area contributed by atoms with Crippen LogP contribution in [0.1, 0.15) is 5.56 Å². The summed E-state index contributed by atoms with van der Waals surface area (Å²) in [5.74, 6) is -0.171. The molecule has 0 saturated carbocycles. The molecule has 0 unspecified atom stereocenters. The third kappa shape index (κ3) is 2.39. The first-order chi connectivity index (χ1) is 8.22. The zero-order chi connectivity index (χ0) is 12.3. The van der Waals surface area contributed by atoms with E-state index in [0.29, 0.717) is 12.1 Å². The normalized spacial score (nSPS) is 14.2. The summed E-state index contributed by atoms with van der Waals surface area (Å²) in [4.78, 5) is 25.0. The van der Waals surface area contributed by atoms with Crippen LogP contribution < -0.4 is 0 Å². The molecule has 0 spiro atoms. The number of hydroxylamine groups is 2. The van der Waals surface area contributed by atoms with Gasteiger partial charge in [0.15, 0.2) is 0 Å². The van der Waals surface area contributed by atoms with Crippen molar-refractivity contribution in [3.8, 4) is 0 Å². The van der Waals surface area contributed by atoms with Gasteiger partial charge in [-0.15, -0.1) is 0 Å². The Bertz CT molecular complexity index is 480. The predicted octanol–water partition coefficient (Wildman–Crippen LogP) is 0.830. The molecule has 17 heavy (non-hydrogen) atoms. The Morgan fingerprint density at radius 1 is 1.53 bits per heavy atom. The van der Waals surface area contributed by atoms with E-state index in [9.17, 15) is 4.79 Å². The molecule has 0 saturated heterocycles. The average Bonchev–Trinajstić information content (AvgIpc) is 2.87. The quantitative estimate of drug-likeness (QED) is 0.724. The molecule has 1 amide bonds. The molecular weight excluding hydrogens is 218 g/mol. The van der Waals surface area contributed by atoms with Crippen molar-refractivity contribution in [2.24, 2.45) is 4.99 Å². The lowest BCUT2D eigenvalue weighted by atomic mass is 10.1. The van der Waals surface area contributed by atoms with E-state index in [-0.39, 0.29) is 5.91 Å². The Kier molecular flexibility index (Phi) is 3.30. The second-order valence-electron chi connectivity index (χ2n) is 3.60. The van der Waals surface area contributed by atoms with Gasteiger partial charge in [-0.25, -0.2) is 5.06 Å². The Hall–Kier alpha value is -2.01. The van der Waals surface area contributed by atoms with Crippen LogP contribution in [0.3, 0.4) is 0 Å². The summed E-state index contributed by atoms with van der Waals surface area (Å²) in [5, 5.41) is 1.19. The number of hydrogen-bond acceptors (Lipinski definition) is 4. The molecular formula is C12H13N3O2. The molecule has 88 valence electrons. The van der Waals surface area contributed by atoms with Crippen LogP contribution in [-0.4, -0.2) is 42.4 Å². The summed E-state index contributed by atoms with van der Waals surface area (Å²) >= 11 is 0. The number of rotatable bonds is 3. The maximum Gasteiger partial charge on any atom is 0.275 e. The minimum Gasteiger partial charge on any atom is -0.280 e. The van der Waals surface area contributed by atoms with Crippen molar-refractivity contribution >= 4 is 11.6 Å². The van der Waals surface area contributed by atoms with Crippen LogP contribution in [0, 0.1) is 0 Å². The first-order valence-corrected chi connectivity index (χ1v) is 5.20. The average molecular weight is 231 g/mol. The molecule has 0 fully saturated rings. The van der Waals surface area contributed by atoms with Gasteiger partial charge in [0.05, 0.1) is 19.4 Å². The van der Waals surface area contributed by atoms with Crippen LogP contribution in [0.25, 0.3) is 0 Å². The van der Waals surface area contributed by atoms with Crippen molar-refractivity contribution in [2.75, 3.05) is 20.7 Å². The summed E-state index contributed by atoms with van der Waals surface area (Å²) in [7, 11) is 3.03. The number of amides is 1. The first kappa shape index (κ1) is 11.5. The second-order valence-corrected chi connectivity index (χ2v) is 3.60. The van der Waals surface area contributed by atoms with Crippen LogP contribution in [0.15, 0.2) is 41.2 Å². The lowest BCUT2D eigenvalue weighted by Crippen LogP contribution is -2.27. The van der Waals surface area contributed by atoms with Gasteiger partial charge in [0.25, 0.3) is 5.91 Å². The minimum absolute atomic E-state index is 0.171. The van der Waals surface area contributed by atoms with Crippen molar-refractivity contribution in [1.29, 1.82) is 0 Å². The molecule has 1 aliphatic rings. The van der Waals surface area contributed by atoms with Gasteiger partial charge < -0.3 is 0 Å². The van der Waals surface area contributed by atoms with E-state index in [0.717, 1.165) is 11.3 Å². The fourth-order valence-corrected chi connectivity index (χ4v) is 1.53. The third-order valence-electron chi connectivity index (χ3n) is 2.52. The molecule has 1 aromatic rings.